The van der Waals surface area contributed by atoms with Crippen LogP contribution in [0.3, 0.4) is 0 Å². The molecule has 3 aliphatic carbocycles. The smallest absolute Gasteiger partial charge is 0.305 e. The lowest BCUT2D eigenvalue weighted by atomic mass is 9.45. The number of hydrogen-bond acceptors (Lipinski definition) is 6. The van der Waals surface area contributed by atoms with E-state index in [9.17, 15) is 19.5 Å². The summed E-state index contributed by atoms with van der Waals surface area (Å²) in [6.45, 7) is 6.63. The van der Waals surface area contributed by atoms with Gasteiger partial charge in [0.15, 0.2) is 0 Å². The summed E-state index contributed by atoms with van der Waals surface area (Å²) >= 11 is 3.38. The number of carbonyl (C=O) groups is 2. The number of halogens is 1. The minimum Gasteiger partial charge on any atom is -0.481 e. The Hall–Kier alpha value is -2.75. The zero-order valence-electron chi connectivity index (χ0n) is 19.5. The number of aliphatic carboxylic acids is 1. The Balaban J connectivity index is 1.43. The molecule has 182 valence electrons. The zero-order chi connectivity index (χ0) is 24.6. The molecule has 0 aromatic carbocycles. The Labute approximate surface area is 206 Å². The standard InChI is InChI=1S/C24H30BrN5O4/c1-13-16-8-15(24(16,2)3)9-17(13)28-19-11-27-30(23(34)22(19)25)12-20(31)29-18(10-21(32)33)14-4-6-26-7-5-14/h4-7,11,13,15-18,28H,8-10,12H2,1-3H3,(H,29,31)(H,32,33)/t13-,15+,16-,17-,18?/m1/s1. The topological polar surface area (TPSA) is 126 Å². The van der Waals surface area contributed by atoms with Gasteiger partial charge >= 0.3 is 5.97 Å². The molecule has 5 atom stereocenters. The fourth-order valence-electron chi connectivity index (χ4n) is 5.62. The summed E-state index contributed by atoms with van der Waals surface area (Å²) in [7, 11) is 0. The maximum Gasteiger partial charge on any atom is 0.305 e. The summed E-state index contributed by atoms with van der Waals surface area (Å²) in [5, 5.41) is 19.6. The molecule has 1 unspecified atom stereocenters. The first-order chi connectivity index (χ1) is 16.1. The van der Waals surface area contributed by atoms with Crippen LogP contribution in [0, 0.1) is 23.2 Å². The van der Waals surface area contributed by atoms with Crippen molar-refractivity contribution in [2.45, 2.75) is 58.7 Å². The molecule has 1 amide bonds. The van der Waals surface area contributed by atoms with Crippen LogP contribution in [0.2, 0.25) is 0 Å². The number of nitrogens with zero attached hydrogens (tertiary/aromatic N) is 3. The Morgan fingerprint density at radius 2 is 2.00 bits per heavy atom. The second-order valence-corrected chi connectivity index (χ2v) is 10.8. The van der Waals surface area contributed by atoms with Crippen LogP contribution in [0.5, 0.6) is 0 Å². The van der Waals surface area contributed by atoms with Gasteiger partial charge in [0, 0.05) is 18.4 Å². The molecule has 0 radical (unpaired) electrons. The van der Waals surface area contributed by atoms with Crippen molar-refractivity contribution in [1.82, 2.24) is 20.1 Å². The maximum absolute atomic E-state index is 12.9. The molecule has 2 heterocycles. The fourth-order valence-corrected chi connectivity index (χ4v) is 6.04. The van der Waals surface area contributed by atoms with Crippen LogP contribution in [-0.4, -0.2) is 37.8 Å². The van der Waals surface area contributed by atoms with Gasteiger partial charge in [-0.1, -0.05) is 20.8 Å². The summed E-state index contributed by atoms with van der Waals surface area (Å²) < 4.78 is 1.40. The SMILES string of the molecule is C[C@@H]1[C@H]2C[C@@H](C[C@H]1Nc1cnn(CC(=O)NC(CC(=O)O)c3ccncc3)c(=O)c1Br)C2(C)C. The quantitative estimate of drug-likeness (QED) is 0.477. The molecule has 0 spiro atoms. The van der Waals surface area contributed by atoms with Gasteiger partial charge in [-0.05, 0) is 69.6 Å². The van der Waals surface area contributed by atoms with Crippen molar-refractivity contribution in [3.63, 3.8) is 0 Å². The van der Waals surface area contributed by atoms with Crippen molar-refractivity contribution in [2.24, 2.45) is 23.2 Å². The third-order valence-electron chi connectivity index (χ3n) is 7.80. The van der Waals surface area contributed by atoms with Crippen molar-refractivity contribution >= 4 is 33.5 Å². The molecule has 10 heteroatoms. The van der Waals surface area contributed by atoms with Crippen LogP contribution in [-0.2, 0) is 16.1 Å². The maximum atomic E-state index is 12.9. The number of pyridine rings is 1. The number of carboxylic acids is 1. The molecule has 0 saturated heterocycles. The molecular weight excluding hydrogens is 502 g/mol. The van der Waals surface area contributed by atoms with Crippen LogP contribution >= 0.6 is 15.9 Å². The van der Waals surface area contributed by atoms with Crippen LogP contribution in [0.4, 0.5) is 5.69 Å². The molecule has 3 aliphatic rings. The predicted octanol–water partition coefficient (Wildman–Crippen LogP) is 3.22. The molecule has 2 bridgehead atoms. The fraction of sp³-hybridized carbons (Fsp3) is 0.542. The lowest BCUT2D eigenvalue weighted by molar-refractivity contribution is -0.137. The number of nitrogens with one attached hydrogen (secondary N) is 2. The van der Waals surface area contributed by atoms with Gasteiger partial charge < -0.3 is 15.7 Å². The average molecular weight is 532 g/mol. The third kappa shape index (κ3) is 4.73. The van der Waals surface area contributed by atoms with Gasteiger partial charge in [-0.3, -0.25) is 19.4 Å². The molecule has 3 fully saturated rings. The van der Waals surface area contributed by atoms with Gasteiger partial charge in [-0.2, -0.15) is 5.10 Å². The highest BCUT2D eigenvalue weighted by atomic mass is 79.9. The van der Waals surface area contributed by atoms with E-state index in [1.54, 1.807) is 18.3 Å². The Bertz CT molecular complexity index is 1140. The van der Waals surface area contributed by atoms with Gasteiger partial charge in [0.25, 0.3) is 5.56 Å². The number of amides is 1. The Kier molecular flexibility index (Phi) is 6.80. The van der Waals surface area contributed by atoms with Crippen molar-refractivity contribution in [3.05, 3.63) is 51.1 Å². The normalized spacial score (nSPS) is 25.6. The molecule has 9 nitrogen and oxygen atoms in total. The monoisotopic (exact) mass is 531 g/mol. The molecule has 2 aromatic heterocycles. The van der Waals surface area contributed by atoms with E-state index in [1.807, 2.05) is 0 Å². The molecule has 0 aliphatic heterocycles. The average Bonchev–Trinajstić information content (AvgIpc) is 2.79. The van der Waals surface area contributed by atoms with Crippen LogP contribution in [0.25, 0.3) is 0 Å². The first-order valence-electron chi connectivity index (χ1n) is 11.5. The summed E-state index contributed by atoms with van der Waals surface area (Å²) in [5.41, 5.74) is 1.19. The molecule has 3 N–H and O–H groups in total. The number of anilines is 1. The van der Waals surface area contributed by atoms with E-state index in [0.29, 0.717) is 38.9 Å². The van der Waals surface area contributed by atoms with Gasteiger partial charge in [0.05, 0.1) is 24.3 Å². The number of aromatic nitrogens is 3. The second kappa shape index (κ2) is 9.48. The molecule has 3 saturated carbocycles. The van der Waals surface area contributed by atoms with E-state index < -0.39 is 23.5 Å². The van der Waals surface area contributed by atoms with Crippen LogP contribution in [0.15, 0.2) is 40.0 Å². The van der Waals surface area contributed by atoms with E-state index in [0.717, 1.165) is 11.1 Å². The minimum atomic E-state index is -1.05. The highest BCUT2D eigenvalue weighted by Gasteiger charge is 2.56. The molecular formula is C24H30BrN5O4. The highest BCUT2D eigenvalue weighted by molar-refractivity contribution is 9.10. The third-order valence-corrected chi connectivity index (χ3v) is 8.56. The van der Waals surface area contributed by atoms with Gasteiger partial charge in [-0.15, -0.1) is 0 Å². The lowest BCUT2D eigenvalue weighted by Gasteiger charge is -2.62. The van der Waals surface area contributed by atoms with Crippen molar-refractivity contribution in [3.8, 4) is 0 Å². The summed E-state index contributed by atoms with van der Waals surface area (Å²) in [6.07, 6.45) is 6.66. The van der Waals surface area contributed by atoms with Crippen LogP contribution in [0.1, 0.15) is 51.6 Å². The van der Waals surface area contributed by atoms with E-state index in [-0.39, 0.29) is 19.0 Å². The first kappa shape index (κ1) is 24.4. The Morgan fingerprint density at radius 1 is 1.29 bits per heavy atom. The summed E-state index contributed by atoms with van der Waals surface area (Å²) in [6, 6.07) is 2.82. The summed E-state index contributed by atoms with van der Waals surface area (Å²) in [4.78, 5) is 40.7. The van der Waals surface area contributed by atoms with Crippen molar-refractivity contribution in [1.29, 1.82) is 0 Å². The highest BCUT2D eigenvalue weighted by Crippen LogP contribution is 2.61. The summed E-state index contributed by atoms with van der Waals surface area (Å²) in [5.74, 6) is 0.279. The number of fused-ring (bicyclic) bond motifs is 2. The minimum absolute atomic E-state index is 0.269. The van der Waals surface area contributed by atoms with E-state index >= 15 is 0 Å². The Morgan fingerprint density at radius 3 is 2.62 bits per heavy atom. The van der Waals surface area contributed by atoms with Gasteiger partial charge in [0.2, 0.25) is 5.91 Å². The van der Waals surface area contributed by atoms with E-state index in [1.165, 1.54) is 18.8 Å². The first-order valence-corrected chi connectivity index (χ1v) is 12.3. The van der Waals surface area contributed by atoms with E-state index in [2.05, 4.69) is 57.4 Å². The van der Waals surface area contributed by atoms with Crippen molar-refractivity contribution in [2.75, 3.05) is 5.32 Å². The number of carboxylic acid groups (broad SMARTS) is 1. The van der Waals surface area contributed by atoms with Gasteiger partial charge in [0.1, 0.15) is 11.0 Å². The van der Waals surface area contributed by atoms with E-state index in [4.69, 9.17) is 0 Å². The number of hydrogen-bond donors (Lipinski definition) is 3. The lowest BCUT2D eigenvalue weighted by Crippen LogP contribution is -2.58. The molecule has 2 aromatic rings. The number of carbonyl (C=O) groups excluding carboxylic acids is 1. The number of rotatable bonds is 8. The second-order valence-electron chi connectivity index (χ2n) is 10.0. The molecule has 5 rings (SSSR count). The van der Waals surface area contributed by atoms with Crippen LogP contribution < -0.4 is 16.2 Å². The zero-order valence-corrected chi connectivity index (χ0v) is 21.1. The van der Waals surface area contributed by atoms with Gasteiger partial charge in [-0.25, -0.2) is 4.68 Å². The van der Waals surface area contributed by atoms with Crippen molar-refractivity contribution < 1.29 is 14.7 Å². The molecule has 34 heavy (non-hydrogen) atoms. The predicted molar refractivity (Wildman–Crippen MR) is 130 cm³/mol. The largest absolute Gasteiger partial charge is 0.481 e.